The molecule has 5 nitrogen and oxygen atoms in total. The van der Waals surface area contributed by atoms with Crippen LogP contribution in [0.3, 0.4) is 0 Å². The summed E-state index contributed by atoms with van der Waals surface area (Å²) in [4.78, 5) is 9.65. The molecular formula is C22H45O5P. The molecule has 1 rings (SSSR count). The van der Waals surface area contributed by atoms with Gasteiger partial charge in [-0.15, -0.1) is 0 Å². The van der Waals surface area contributed by atoms with E-state index in [1.54, 1.807) is 0 Å². The zero-order chi connectivity index (χ0) is 20.5. The summed E-state index contributed by atoms with van der Waals surface area (Å²) >= 11 is 0. The first kappa shape index (κ1) is 26.1. The number of ether oxygens (including phenoxy) is 1. The molecule has 0 aromatic carbocycles. The number of unbranched alkanes of at least 4 members (excludes halogenated alkanes) is 13. The Morgan fingerprint density at radius 2 is 1.18 bits per heavy atom. The first-order valence-corrected chi connectivity index (χ1v) is 13.4. The second-order valence-corrected chi connectivity index (χ2v) is 9.57. The lowest BCUT2D eigenvalue weighted by atomic mass is 10.0. The van der Waals surface area contributed by atoms with Gasteiger partial charge in [0, 0.05) is 6.61 Å². The molecule has 0 bridgehead atoms. The molecule has 3 unspecified atom stereocenters. The number of rotatable bonds is 19. The van der Waals surface area contributed by atoms with Crippen LogP contribution >= 0.6 is 7.82 Å². The summed E-state index contributed by atoms with van der Waals surface area (Å²) in [7, 11) is -3.89. The van der Waals surface area contributed by atoms with Crippen LogP contribution in [-0.4, -0.2) is 30.3 Å². The first-order chi connectivity index (χ1) is 13.6. The van der Waals surface area contributed by atoms with E-state index in [1.807, 2.05) is 0 Å². The summed E-state index contributed by atoms with van der Waals surface area (Å²) in [6, 6.07) is 0. The lowest BCUT2D eigenvalue weighted by molar-refractivity contribution is 0.0301. The van der Waals surface area contributed by atoms with E-state index in [0.29, 0.717) is 13.2 Å². The lowest BCUT2D eigenvalue weighted by Gasteiger charge is -2.15. The molecule has 6 heteroatoms. The van der Waals surface area contributed by atoms with Crippen LogP contribution in [0.5, 0.6) is 0 Å². The van der Waals surface area contributed by atoms with Crippen LogP contribution in [0.2, 0.25) is 0 Å². The molecule has 0 aromatic rings. The highest BCUT2D eigenvalue weighted by atomic mass is 31.2. The minimum absolute atomic E-state index is 0.315. The van der Waals surface area contributed by atoms with Gasteiger partial charge in [0.05, 0.1) is 12.7 Å². The minimum atomic E-state index is -3.89. The Labute approximate surface area is 173 Å². The zero-order valence-corrected chi connectivity index (χ0v) is 19.3. The van der Waals surface area contributed by atoms with Crippen molar-refractivity contribution in [3.8, 4) is 0 Å². The molecule has 1 N–H and O–H groups in total. The maximum absolute atomic E-state index is 11.8. The number of phosphoric acid groups is 1. The van der Waals surface area contributed by atoms with Gasteiger partial charge < -0.3 is 9.63 Å². The van der Waals surface area contributed by atoms with Crippen molar-refractivity contribution in [2.45, 2.75) is 129 Å². The topological polar surface area (TPSA) is 65.0 Å². The van der Waals surface area contributed by atoms with Crippen LogP contribution in [-0.2, 0) is 18.3 Å². The van der Waals surface area contributed by atoms with E-state index in [4.69, 9.17) is 13.8 Å². The molecule has 168 valence electrons. The highest BCUT2D eigenvalue weighted by Gasteiger charge is 2.43. The van der Waals surface area contributed by atoms with Crippen molar-refractivity contribution in [2.24, 2.45) is 0 Å². The van der Waals surface area contributed by atoms with Gasteiger partial charge in [-0.3, -0.25) is 9.05 Å². The van der Waals surface area contributed by atoms with Crippen LogP contribution in [0, 0.1) is 0 Å². The van der Waals surface area contributed by atoms with Gasteiger partial charge in [0.1, 0.15) is 6.10 Å². The molecule has 1 heterocycles. The standard InChI is InChI=1S/C22H45O5P/c1-3-5-7-9-11-13-15-17-19-25-20-22-21(26-28(23,24)27-22)18-16-14-12-10-8-6-4-2/h21-22H,3-20H2,1-2H3,(H,23,24). The Kier molecular flexibility index (Phi) is 15.7. The maximum Gasteiger partial charge on any atom is 0.472 e. The molecule has 1 aliphatic heterocycles. The quantitative estimate of drug-likeness (QED) is 0.177. The smallest absolute Gasteiger partial charge is 0.379 e. The second kappa shape index (κ2) is 16.8. The SMILES string of the molecule is CCCCCCCCCCOCC1OP(=O)(O)OC1CCCCCCCCC. The molecule has 1 aliphatic rings. The summed E-state index contributed by atoms with van der Waals surface area (Å²) in [6.45, 7) is 5.50. The summed E-state index contributed by atoms with van der Waals surface area (Å²) < 4.78 is 28.0. The molecule has 0 aromatic heterocycles. The van der Waals surface area contributed by atoms with Gasteiger partial charge in [0.2, 0.25) is 0 Å². The Morgan fingerprint density at radius 1 is 0.714 bits per heavy atom. The van der Waals surface area contributed by atoms with Gasteiger partial charge in [-0.25, -0.2) is 4.57 Å². The maximum atomic E-state index is 11.8. The third-order valence-corrected chi connectivity index (χ3v) is 6.54. The van der Waals surface area contributed by atoms with E-state index in [9.17, 15) is 9.46 Å². The van der Waals surface area contributed by atoms with E-state index >= 15 is 0 Å². The van der Waals surface area contributed by atoms with Gasteiger partial charge in [0.25, 0.3) is 0 Å². The minimum Gasteiger partial charge on any atom is -0.379 e. The Hall–Kier alpha value is 0.0700. The monoisotopic (exact) mass is 420 g/mol. The van der Waals surface area contributed by atoms with Crippen LogP contribution in [0.4, 0.5) is 0 Å². The molecule has 1 saturated heterocycles. The van der Waals surface area contributed by atoms with E-state index < -0.39 is 13.9 Å². The van der Waals surface area contributed by atoms with Crippen LogP contribution < -0.4 is 0 Å². The highest BCUT2D eigenvalue weighted by molar-refractivity contribution is 7.47. The summed E-state index contributed by atoms with van der Waals surface area (Å²) in [6.07, 6.45) is 18.7. The number of hydrogen-bond acceptors (Lipinski definition) is 4. The molecule has 1 fully saturated rings. The average Bonchev–Trinajstić information content (AvgIpc) is 2.96. The third kappa shape index (κ3) is 13.3. The Bertz CT molecular complexity index is 404. The van der Waals surface area contributed by atoms with Crippen molar-refractivity contribution >= 4 is 7.82 Å². The van der Waals surface area contributed by atoms with Crippen LogP contribution in [0.1, 0.15) is 117 Å². The summed E-state index contributed by atoms with van der Waals surface area (Å²) in [5.41, 5.74) is 0. The van der Waals surface area contributed by atoms with E-state index in [2.05, 4.69) is 13.8 Å². The van der Waals surface area contributed by atoms with Gasteiger partial charge in [-0.05, 0) is 12.8 Å². The van der Waals surface area contributed by atoms with Gasteiger partial charge in [-0.2, -0.15) is 0 Å². The van der Waals surface area contributed by atoms with Gasteiger partial charge >= 0.3 is 7.82 Å². The largest absolute Gasteiger partial charge is 0.472 e. The fraction of sp³-hybridized carbons (Fsp3) is 1.00. The molecule has 0 saturated carbocycles. The van der Waals surface area contributed by atoms with Crippen molar-refractivity contribution in [3.05, 3.63) is 0 Å². The summed E-state index contributed by atoms with van der Waals surface area (Å²) in [5.74, 6) is 0. The molecule has 28 heavy (non-hydrogen) atoms. The van der Waals surface area contributed by atoms with Crippen molar-refractivity contribution in [2.75, 3.05) is 13.2 Å². The second-order valence-electron chi connectivity index (χ2n) is 8.22. The third-order valence-electron chi connectivity index (χ3n) is 5.47. The normalized spacial score (nSPS) is 24.8. The van der Waals surface area contributed by atoms with E-state index in [-0.39, 0.29) is 6.10 Å². The number of hydrogen-bond donors (Lipinski definition) is 1. The summed E-state index contributed by atoms with van der Waals surface area (Å²) in [5, 5.41) is 0. The fourth-order valence-electron chi connectivity index (χ4n) is 3.72. The van der Waals surface area contributed by atoms with Gasteiger partial charge in [-0.1, -0.05) is 104 Å². The Balaban J connectivity index is 2.07. The first-order valence-electron chi connectivity index (χ1n) is 11.9. The molecule has 0 amide bonds. The van der Waals surface area contributed by atoms with Crippen molar-refractivity contribution < 1.29 is 23.2 Å². The highest BCUT2D eigenvalue weighted by Crippen LogP contribution is 2.53. The number of phosphoric ester groups is 1. The molecule has 0 radical (unpaired) electrons. The fourth-order valence-corrected chi connectivity index (χ4v) is 4.89. The Morgan fingerprint density at radius 3 is 1.75 bits per heavy atom. The van der Waals surface area contributed by atoms with E-state index in [1.165, 1.54) is 77.0 Å². The zero-order valence-electron chi connectivity index (χ0n) is 18.4. The van der Waals surface area contributed by atoms with Crippen LogP contribution in [0.15, 0.2) is 0 Å². The molecule has 0 spiro atoms. The van der Waals surface area contributed by atoms with Gasteiger partial charge in [0.15, 0.2) is 0 Å². The van der Waals surface area contributed by atoms with Crippen molar-refractivity contribution in [1.82, 2.24) is 0 Å². The molecular weight excluding hydrogens is 375 g/mol. The van der Waals surface area contributed by atoms with Crippen molar-refractivity contribution in [1.29, 1.82) is 0 Å². The molecule has 3 atom stereocenters. The van der Waals surface area contributed by atoms with Crippen molar-refractivity contribution in [3.63, 3.8) is 0 Å². The van der Waals surface area contributed by atoms with Crippen LogP contribution in [0.25, 0.3) is 0 Å². The predicted molar refractivity (Wildman–Crippen MR) is 116 cm³/mol. The average molecular weight is 421 g/mol. The molecule has 0 aliphatic carbocycles. The van der Waals surface area contributed by atoms with E-state index in [0.717, 1.165) is 25.7 Å². The lowest BCUT2D eigenvalue weighted by Crippen LogP contribution is -2.27. The predicted octanol–water partition coefficient (Wildman–Crippen LogP) is 7.17.